The van der Waals surface area contributed by atoms with Gasteiger partial charge in [-0.2, -0.15) is 0 Å². The first-order valence-electron chi connectivity index (χ1n) is 9.63. The molecule has 0 heterocycles. The highest BCUT2D eigenvalue weighted by molar-refractivity contribution is 6.09. The lowest BCUT2D eigenvalue weighted by Gasteiger charge is -2.21. The van der Waals surface area contributed by atoms with E-state index < -0.39 is 11.9 Å². The van der Waals surface area contributed by atoms with Crippen LogP contribution in [0.25, 0.3) is 16.7 Å². The van der Waals surface area contributed by atoms with E-state index in [1.54, 1.807) is 13.2 Å². The third-order valence-electron chi connectivity index (χ3n) is 4.90. The number of carbonyl (C=O) groups is 2. The van der Waals surface area contributed by atoms with Gasteiger partial charge < -0.3 is 14.2 Å². The van der Waals surface area contributed by atoms with Crippen LogP contribution in [0, 0.1) is 0 Å². The number of allylic oxidation sites excluding steroid dienone is 2. The van der Waals surface area contributed by atoms with Crippen molar-refractivity contribution >= 4 is 17.5 Å². The van der Waals surface area contributed by atoms with E-state index in [1.807, 2.05) is 43.3 Å². The van der Waals surface area contributed by atoms with Crippen LogP contribution in [0.2, 0.25) is 0 Å². The minimum atomic E-state index is -0.587. The number of hydrogen-bond acceptors (Lipinski definition) is 5. The van der Waals surface area contributed by atoms with E-state index in [-0.39, 0.29) is 11.1 Å². The van der Waals surface area contributed by atoms with Crippen molar-refractivity contribution in [1.29, 1.82) is 0 Å². The summed E-state index contributed by atoms with van der Waals surface area (Å²) in [6.07, 6.45) is 2.59. The maximum absolute atomic E-state index is 12.9. The zero-order chi connectivity index (χ0) is 21.4. The minimum absolute atomic E-state index is 0.173. The molecule has 0 fully saturated rings. The minimum Gasteiger partial charge on any atom is -0.501 e. The molecule has 0 aromatic heterocycles. The van der Waals surface area contributed by atoms with Gasteiger partial charge in [0.05, 0.1) is 38.2 Å². The smallest absolute Gasteiger partial charge is 0.339 e. The second-order valence-corrected chi connectivity index (χ2v) is 6.60. The average molecular weight is 396 g/mol. The molecule has 29 heavy (non-hydrogen) atoms. The van der Waals surface area contributed by atoms with E-state index in [0.717, 1.165) is 29.5 Å². The normalized spacial score (nSPS) is 11.5. The Morgan fingerprint density at radius 1 is 0.828 bits per heavy atom. The fourth-order valence-corrected chi connectivity index (χ4v) is 3.32. The number of esters is 2. The molecule has 154 valence electrons. The summed E-state index contributed by atoms with van der Waals surface area (Å²) in [5, 5.41) is 0. The largest absolute Gasteiger partial charge is 0.501 e. The number of ether oxygens (including phenoxy) is 3. The third kappa shape index (κ3) is 4.86. The van der Waals surface area contributed by atoms with E-state index in [9.17, 15) is 9.59 Å². The molecule has 0 amide bonds. The van der Waals surface area contributed by atoms with Gasteiger partial charge in [0.2, 0.25) is 0 Å². The van der Waals surface area contributed by atoms with E-state index in [0.29, 0.717) is 17.7 Å². The summed E-state index contributed by atoms with van der Waals surface area (Å²) in [6.45, 7) is 3.97. The van der Waals surface area contributed by atoms with Gasteiger partial charge in [-0.15, -0.1) is 0 Å². The lowest BCUT2D eigenvalue weighted by molar-refractivity contribution is 0.0555. The third-order valence-corrected chi connectivity index (χ3v) is 4.90. The SMILES string of the molecule is CCCC/C(=C(/C)OC)c1c(-c2ccccc2)ccc(C(=O)OC)c1C(=O)OC. The molecular weight excluding hydrogens is 368 g/mol. The number of unbranched alkanes of at least 4 members (excludes halogenated alkanes) is 1. The van der Waals surface area contributed by atoms with Crippen LogP contribution in [-0.4, -0.2) is 33.3 Å². The van der Waals surface area contributed by atoms with E-state index in [1.165, 1.54) is 14.2 Å². The fourth-order valence-electron chi connectivity index (χ4n) is 3.32. The van der Waals surface area contributed by atoms with Crippen LogP contribution in [0.4, 0.5) is 0 Å². The molecule has 0 N–H and O–H groups in total. The van der Waals surface area contributed by atoms with Gasteiger partial charge in [-0.25, -0.2) is 9.59 Å². The van der Waals surface area contributed by atoms with Gasteiger partial charge in [0.15, 0.2) is 0 Å². The van der Waals surface area contributed by atoms with Gasteiger partial charge in [0, 0.05) is 5.56 Å². The van der Waals surface area contributed by atoms with Crippen LogP contribution in [0.1, 0.15) is 59.4 Å². The van der Waals surface area contributed by atoms with Gasteiger partial charge in [-0.05, 0) is 42.5 Å². The first kappa shape index (κ1) is 22.2. The van der Waals surface area contributed by atoms with Crippen LogP contribution in [0.3, 0.4) is 0 Å². The monoisotopic (exact) mass is 396 g/mol. The Kier molecular flexibility index (Phi) is 8.01. The molecule has 0 atom stereocenters. The Morgan fingerprint density at radius 3 is 2.03 bits per heavy atom. The quantitative estimate of drug-likeness (QED) is 0.436. The zero-order valence-electron chi connectivity index (χ0n) is 17.7. The summed E-state index contributed by atoms with van der Waals surface area (Å²) in [7, 11) is 4.20. The van der Waals surface area contributed by atoms with Gasteiger partial charge in [0.25, 0.3) is 0 Å². The van der Waals surface area contributed by atoms with E-state index in [2.05, 4.69) is 6.92 Å². The molecule has 2 rings (SSSR count). The predicted octanol–water partition coefficient (Wildman–Crippen LogP) is 5.49. The van der Waals surface area contributed by atoms with Crippen molar-refractivity contribution in [2.45, 2.75) is 33.1 Å². The molecule has 0 aliphatic heterocycles. The van der Waals surface area contributed by atoms with Crippen LogP contribution >= 0.6 is 0 Å². The maximum Gasteiger partial charge on any atom is 0.339 e. The fraction of sp³-hybridized carbons (Fsp3) is 0.333. The Bertz CT molecular complexity index is 897. The highest BCUT2D eigenvalue weighted by Crippen LogP contribution is 2.38. The molecule has 2 aromatic rings. The van der Waals surface area contributed by atoms with Crippen molar-refractivity contribution in [3.63, 3.8) is 0 Å². The average Bonchev–Trinajstić information content (AvgIpc) is 2.77. The number of hydrogen-bond donors (Lipinski definition) is 0. The second kappa shape index (κ2) is 10.5. The molecule has 5 nitrogen and oxygen atoms in total. The van der Waals surface area contributed by atoms with Crippen molar-refractivity contribution < 1.29 is 23.8 Å². The highest BCUT2D eigenvalue weighted by Gasteiger charge is 2.28. The molecule has 0 radical (unpaired) electrons. The van der Waals surface area contributed by atoms with Crippen LogP contribution < -0.4 is 0 Å². The van der Waals surface area contributed by atoms with Gasteiger partial charge in [0.1, 0.15) is 0 Å². The first-order valence-corrected chi connectivity index (χ1v) is 9.63. The molecule has 0 saturated heterocycles. The van der Waals surface area contributed by atoms with Gasteiger partial charge >= 0.3 is 11.9 Å². The molecule has 0 aliphatic carbocycles. The Morgan fingerprint density at radius 2 is 1.48 bits per heavy atom. The molecule has 5 heteroatoms. The van der Waals surface area contributed by atoms with E-state index in [4.69, 9.17) is 14.2 Å². The second-order valence-electron chi connectivity index (χ2n) is 6.60. The molecular formula is C24H28O5. The van der Waals surface area contributed by atoms with E-state index >= 15 is 0 Å². The number of methoxy groups -OCH3 is 3. The topological polar surface area (TPSA) is 61.8 Å². The van der Waals surface area contributed by atoms with Crippen molar-refractivity contribution in [1.82, 2.24) is 0 Å². The van der Waals surface area contributed by atoms with Crippen LogP contribution in [-0.2, 0) is 14.2 Å². The van der Waals surface area contributed by atoms with Crippen LogP contribution in [0.5, 0.6) is 0 Å². The lowest BCUT2D eigenvalue weighted by Crippen LogP contribution is -2.16. The summed E-state index contributed by atoms with van der Waals surface area (Å²) in [4.78, 5) is 25.3. The Hall–Kier alpha value is -3.08. The Labute approximate surface area is 172 Å². The number of rotatable bonds is 8. The summed E-state index contributed by atoms with van der Waals surface area (Å²) in [6, 6.07) is 13.2. The summed E-state index contributed by atoms with van der Waals surface area (Å²) >= 11 is 0. The summed E-state index contributed by atoms with van der Waals surface area (Å²) in [5.41, 5.74) is 3.66. The first-order chi connectivity index (χ1) is 14.0. The standard InChI is InChI=1S/C24H28O5/c1-6-7-13-18(16(2)27-3)21-19(17-11-9-8-10-12-17)14-15-20(23(25)28-4)22(21)24(26)29-5/h8-12,14-15H,6-7,13H2,1-5H3/b18-16+. The van der Waals surface area contributed by atoms with Crippen molar-refractivity contribution in [3.8, 4) is 11.1 Å². The van der Waals surface area contributed by atoms with Crippen molar-refractivity contribution in [2.24, 2.45) is 0 Å². The number of carbonyl (C=O) groups excluding carboxylic acids is 2. The number of benzene rings is 2. The molecule has 0 unspecified atom stereocenters. The molecule has 0 aliphatic rings. The maximum atomic E-state index is 12.9. The predicted molar refractivity (Wildman–Crippen MR) is 114 cm³/mol. The van der Waals surface area contributed by atoms with Gasteiger partial charge in [-0.1, -0.05) is 49.7 Å². The summed E-state index contributed by atoms with van der Waals surface area (Å²) < 4.78 is 15.5. The Balaban J connectivity index is 2.97. The molecule has 2 aromatic carbocycles. The van der Waals surface area contributed by atoms with Crippen molar-refractivity contribution in [3.05, 3.63) is 64.9 Å². The lowest BCUT2D eigenvalue weighted by atomic mass is 9.85. The molecule has 0 spiro atoms. The zero-order valence-corrected chi connectivity index (χ0v) is 17.7. The molecule has 0 bridgehead atoms. The van der Waals surface area contributed by atoms with Gasteiger partial charge in [-0.3, -0.25) is 0 Å². The highest BCUT2D eigenvalue weighted by atomic mass is 16.5. The summed E-state index contributed by atoms with van der Waals surface area (Å²) in [5.74, 6) is -0.477. The van der Waals surface area contributed by atoms with Crippen molar-refractivity contribution in [2.75, 3.05) is 21.3 Å². The van der Waals surface area contributed by atoms with Crippen LogP contribution in [0.15, 0.2) is 48.2 Å². The molecule has 0 saturated carbocycles.